The fourth-order valence-electron chi connectivity index (χ4n) is 3.76. The predicted molar refractivity (Wildman–Crippen MR) is 136 cm³/mol. The van der Waals surface area contributed by atoms with Gasteiger partial charge in [-0.05, 0) is 30.3 Å². The number of rotatable bonds is 8. The zero-order valence-electron chi connectivity index (χ0n) is 18.7. The van der Waals surface area contributed by atoms with E-state index in [0.717, 1.165) is 22.6 Å². The Balaban J connectivity index is 1.92. The molecular formula is C24H25Cl2N3O3Si. The largest absolute Gasteiger partial charge is 0.478 e. The van der Waals surface area contributed by atoms with Crippen molar-refractivity contribution in [1.29, 1.82) is 0 Å². The summed E-state index contributed by atoms with van der Waals surface area (Å²) in [6.45, 7) is 7.64. The third-order valence-corrected chi connectivity index (χ3v) is 8.01. The minimum absolute atomic E-state index is 0.128. The third-order valence-electron chi connectivity index (χ3n) is 5.49. The number of ether oxygens (including phenoxy) is 1. The SMILES string of the molecule is C[Si](C)(C)CCOCn1c(-c2ccnc3[nH]ccc23)cc(C(=O)O)c1-c1cccc(Cl)c1Cl. The van der Waals surface area contributed by atoms with Crippen molar-refractivity contribution in [3.05, 3.63) is 64.4 Å². The number of fused-ring (bicyclic) bond motifs is 1. The van der Waals surface area contributed by atoms with Gasteiger partial charge in [0.15, 0.2) is 0 Å². The summed E-state index contributed by atoms with van der Waals surface area (Å²) in [4.78, 5) is 19.8. The molecule has 172 valence electrons. The molecule has 0 spiro atoms. The number of nitrogens with zero attached hydrogens (tertiary/aromatic N) is 2. The molecule has 0 bridgehead atoms. The molecule has 4 aromatic rings. The highest BCUT2D eigenvalue weighted by molar-refractivity contribution is 6.76. The summed E-state index contributed by atoms with van der Waals surface area (Å²) < 4.78 is 7.95. The molecule has 6 nitrogen and oxygen atoms in total. The summed E-state index contributed by atoms with van der Waals surface area (Å²) in [5.41, 5.74) is 3.41. The number of carboxylic acid groups (broad SMARTS) is 1. The van der Waals surface area contributed by atoms with Gasteiger partial charge >= 0.3 is 5.97 Å². The van der Waals surface area contributed by atoms with Gasteiger partial charge < -0.3 is 19.4 Å². The number of aromatic carboxylic acids is 1. The third kappa shape index (κ3) is 4.87. The van der Waals surface area contributed by atoms with Crippen LogP contribution >= 0.6 is 23.2 Å². The number of benzene rings is 1. The molecule has 0 aliphatic heterocycles. The summed E-state index contributed by atoms with van der Waals surface area (Å²) in [5.74, 6) is -1.05. The summed E-state index contributed by atoms with van der Waals surface area (Å²) in [5, 5.41) is 11.6. The molecule has 2 N–H and O–H groups in total. The number of carbonyl (C=O) groups is 1. The quantitative estimate of drug-likeness (QED) is 0.201. The van der Waals surface area contributed by atoms with Crippen molar-refractivity contribution < 1.29 is 14.6 Å². The van der Waals surface area contributed by atoms with Crippen LogP contribution in [0.5, 0.6) is 0 Å². The van der Waals surface area contributed by atoms with Gasteiger partial charge in [0.25, 0.3) is 0 Å². The Labute approximate surface area is 203 Å². The van der Waals surface area contributed by atoms with Gasteiger partial charge in [-0.2, -0.15) is 0 Å². The molecule has 4 rings (SSSR count). The van der Waals surface area contributed by atoms with E-state index in [9.17, 15) is 9.90 Å². The van der Waals surface area contributed by atoms with Crippen LogP contribution in [0.3, 0.4) is 0 Å². The number of halogens is 2. The zero-order chi connectivity index (χ0) is 23.8. The van der Waals surface area contributed by atoms with Crippen LogP contribution < -0.4 is 0 Å². The van der Waals surface area contributed by atoms with E-state index in [1.54, 1.807) is 30.5 Å². The van der Waals surface area contributed by atoms with E-state index in [2.05, 4.69) is 29.6 Å². The monoisotopic (exact) mass is 501 g/mol. The van der Waals surface area contributed by atoms with Crippen LogP contribution in [-0.2, 0) is 11.5 Å². The molecule has 0 saturated heterocycles. The molecule has 0 amide bonds. The van der Waals surface area contributed by atoms with E-state index < -0.39 is 14.0 Å². The Bertz CT molecular complexity index is 1320. The van der Waals surface area contributed by atoms with Gasteiger partial charge in [-0.1, -0.05) is 55.0 Å². The van der Waals surface area contributed by atoms with Gasteiger partial charge in [0, 0.05) is 43.6 Å². The Hall–Kier alpha value is -2.58. The van der Waals surface area contributed by atoms with Crippen molar-refractivity contribution in [3.63, 3.8) is 0 Å². The van der Waals surface area contributed by atoms with Gasteiger partial charge in [0.2, 0.25) is 0 Å². The molecule has 1 aromatic carbocycles. The van der Waals surface area contributed by atoms with E-state index in [4.69, 9.17) is 27.9 Å². The van der Waals surface area contributed by atoms with E-state index in [-0.39, 0.29) is 12.3 Å². The lowest BCUT2D eigenvalue weighted by atomic mass is 10.1. The van der Waals surface area contributed by atoms with Gasteiger partial charge in [0.05, 0.1) is 27.0 Å². The van der Waals surface area contributed by atoms with Crippen LogP contribution in [-0.4, -0.2) is 40.3 Å². The van der Waals surface area contributed by atoms with Crippen LogP contribution in [0.1, 0.15) is 10.4 Å². The smallest absolute Gasteiger partial charge is 0.337 e. The van der Waals surface area contributed by atoms with Crippen LogP contribution in [0, 0.1) is 0 Å². The standard InChI is InChI=1S/C24H25Cl2N3O3Si/c1-33(2,3)12-11-32-14-29-20(15-7-9-27-23-16(15)8-10-28-23)13-18(24(30)31)22(29)17-5-4-6-19(25)21(17)26/h4-10,13H,11-12,14H2,1-3H3,(H,27,28)(H,30,31). The molecule has 0 unspecified atom stereocenters. The van der Waals surface area contributed by atoms with Gasteiger partial charge in [-0.25, -0.2) is 9.78 Å². The van der Waals surface area contributed by atoms with Crippen molar-refractivity contribution in [2.45, 2.75) is 32.4 Å². The molecule has 0 atom stereocenters. The molecule has 0 aliphatic rings. The number of aromatic nitrogens is 3. The molecule has 3 aromatic heterocycles. The van der Waals surface area contributed by atoms with E-state index in [0.29, 0.717) is 33.6 Å². The number of nitrogens with one attached hydrogen (secondary N) is 1. The fourth-order valence-corrected chi connectivity index (χ4v) is 4.91. The Kier molecular flexibility index (Phi) is 6.68. The number of hydrogen-bond donors (Lipinski definition) is 2. The van der Waals surface area contributed by atoms with Crippen molar-refractivity contribution in [2.75, 3.05) is 6.61 Å². The minimum atomic E-state index is -1.29. The van der Waals surface area contributed by atoms with Crippen molar-refractivity contribution >= 4 is 48.3 Å². The van der Waals surface area contributed by atoms with Gasteiger partial charge in [0.1, 0.15) is 12.4 Å². The van der Waals surface area contributed by atoms with Crippen LogP contribution in [0.15, 0.2) is 48.8 Å². The second kappa shape index (κ2) is 9.35. The number of hydrogen-bond acceptors (Lipinski definition) is 3. The highest BCUT2D eigenvalue weighted by Crippen LogP contribution is 2.40. The average molecular weight is 502 g/mol. The first-order valence-electron chi connectivity index (χ1n) is 10.6. The Morgan fingerprint density at radius 2 is 1.97 bits per heavy atom. The molecule has 3 heterocycles. The maximum atomic E-state index is 12.3. The maximum Gasteiger partial charge on any atom is 0.337 e. The zero-order valence-corrected chi connectivity index (χ0v) is 21.2. The summed E-state index contributed by atoms with van der Waals surface area (Å²) in [6.07, 6.45) is 3.51. The molecular weight excluding hydrogens is 477 g/mol. The maximum absolute atomic E-state index is 12.3. The first-order valence-corrected chi connectivity index (χ1v) is 15.0. The van der Waals surface area contributed by atoms with E-state index in [1.165, 1.54) is 0 Å². The fraction of sp³-hybridized carbons (Fsp3) is 0.250. The molecule has 0 fully saturated rings. The molecule has 9 heteroatoms. The van der Waals surface area contributed by atoms with Gasteiger partial charge in [-0.3, -0.25) is 0 Å². The highest BCUT2D eigenvalue weighted by atomic mass is 35.5. The van der Waals surface area contributed by atoms with Gasteiger partial charge in [-0.15, -0.1) is 0 Å². The molecule has 0 radical (unpaired) electrons. The second-order valence-electron chi connectivity index (χ2n) is 9.07. The van der Waals surface area contributed by atoms with Crippen LogP contribution in [0.4, 0.5) is 0 Å². The Morgan fingerprint density at radius 1 is 1.18 bits per heavy atom. The normalized spacial score (nSPS) is 11.9. The second-order valence-corrected chi connectivity index (χ2v) is 15.5. The van der Waals surface area contributed by atoms with Crippen molar-refractivity contribution in [1.82, 2.24) is 14.5 Å². The minimum Gasteiger partial charge on any atom is -0.478 e. The lowest BCUT2D eigenvalue weighted by Crippen LogP contribution is -2.22. The number of aromatic amines is 1. The Morgan fingerprint density at radius 3 is 2.70 bits per heavy atom. The lowest BCUT2D eigenvalue weighted by molar-refractivity contribution is 0.0696. The number of H-pyrrole nitrogens is 1. The summed E-state index contributed by atoms with van der Waals surface area (Å²) in [7, 11) is -1.29. The van der Waals surface area contributed by atoms with Crippen LogP contribution in [0.2, 0.25) is 35.7 Å². The topological polar surface area (TPSA) is 80.1 Å². The summed E-state index contributed by atoms with van der Waals surface area (Å²) >= 11 is 12.8. The molecule has 0 aliphatic carbocycles. The summed E-state index contributed by atoms with van der Waals surface area (Å²) in [6, 6.07) is 11.7. The number of carboxylic acids is 1. The first-order chi connectivity index (χ1) is 15.7. The predicted octanol–water partition coefficient (Wildman–Crippen LogP) is 7.02. The molecule has 33 heavy (non-hydrogen) atoms. The van der Waals surface area contributed by atoms with E-state index in [1.807, 2.05) is 22.9 Å². The molecule has 0 saturated carbocycles. The van der Waals surface area contributed by atoms with E-state index >= 15 is 0 Å². The first kappa shape index (κ1) is 23.6. The van der Waals surface area contributed by atoms with Crippen molar-refractivity contribution in [3.8, 4) is 22.5 Å². The number of pyridine rings is 1. The average Bonchev–Trinajstić information content (AvgIpc) is 3.37. The van der Waals surface area contributed by atoms with Crippen LogP contribution in [0.25, 0.3) is 33.5 Å². The highest BCUT2D eigenvalue weighted by Gasteiger charge is 2.25. The van der Waals surface area contributed by atoms with Crippen molar-refractivity contribution in [2.24, 2.45) is 0 Å². The lowest BCUT2D eigenvalue weighted by Gasteiger charge is -2.19.